The van der Waals surface area contributed by atoms with Gasteiger partial charge in [-0.2, -0.15) is 24.9 Å². The Morgan fingerprint density at radius 2 is 1.72 bits per heavy atom. The Balaban J connectivity index is 1.54. The number of alkyl halides is 3. The molecule has 2 aliphatic rings. The molecule has 0 radical (unpaired) electrons. The number of benzene rings is 1. The fraction of sp³-hybridized carbons (Fsp3) is 0.588. The number of halogens is 3. The second-order valence-electron chi connectivity index (χ2n) is 6.30. The van der Waals surface area contributed by atoms with Crippen LogP contribution in [0, 0.1) is 0 Å². The second-order valence-corrected chi connectivity index (χ2v) is 7.53. The highest BCUT2D eigenvalue weighted by Crippen LogP contribution is 2.31. The van der Waals surface area contributed by atoms with Gasteiger partial charge in [-0.1, -0.05) is 6.07 Å². The molecule has 2 fully saturated rings. The molecule has 8 heteroatoms. The lowest BCUT2D eigenvalue weighted by Gasteiger charge is -2.37. The number of anilines is 1. The van der Waals surface area contributed by atoms with Crippen molar-refractivity contribution in [2.24, 2.45) is 0 Å². The molecule has 2 heterocycles. The Hall–Kier alpha value is -1.41. The number of carbonyl (C=O) groups excluding carboxylic acids is 1. The molecule has 1 amide bonds. The molecule has 0 bridgehead atoms. The summed E-state index contributed by atoms with van der Waals surface area (Å²) in [5, 5.41) is 0. The highest BCUT2D eigenvalue weighted by Gasteiger charge is 2.31. The first kappa shape index (κ1) is 18.4. The third-order valence-corrected chi connectivity index (χ3v) is 5.58. The predicted octanol–water partition coefficient (Wildman–Crippen LogP) is 2.40. The van der Waals surface area contributed by atoms with E-state index in [9.17, 15) is 18.0 Å². The van der Waals surface area contributed by atoms with E-state index in [1.165, 1.54) is 12.1 Å². The molecule has 25 heavy (non-hydrogen) atoms. The minimum absolute atomic E-state index is 0.121. The Bertz CT molecular complexity index is 597. The molecule has 0 spiro atoms. The van der Waals surface area contributed by atoms with Crippen LogP contribution in [0.2, 0.25) is 0 Å². The first-order valence-corrected chi connectivity index (χ1v) is 9.59. The van der Waals surface area contributed by atoms with Crippen molar-refractivity contribution in [3.8, 4) is 0 Å². The molecule has 2 saturated heterocycles. The lowest BCUT2D eigenvalue weighted by Crippen LogP contribution is -2.52. The number of thioether (sulfide) groups is 1. The summed E-state index contributed by atoms with van der Waals surface area (Å²) >= 11 is 1.91. The molecule has 0 saturated carbocycles. The number of hydrogen-bond donors (Lipinski definition) is 0. The first-order chi connectivity index (χ1) is 11.9. The van der Waals surface area contributed by atoms with Crippen LogP contribution >= 0.6 is 11.8 Å². The average molecular weight is 373 g/mol. The van der Waals surface area contributed by atoms with Crippen LogP contribution in [-0.4, -0.2) is 73.0 Å². The van der Waals surface area contributed by atoms with Gasteiger partial charge in [0.15, 0.2) is 0 Å². The summed E-state index contributed by atoms with van der Waals surface area (Å²) in [5.41, 5.74) is -0.0681. The summed E-state index contributed by atoms with van der Waals surface area (Å²) in [5.74, 6) is 2.25. The fourth-order valence-corrected chi connectivity index (χ4v) is 4.12. The van der Waals surface area contributed by atoms with Crippen LogP contribution in [0.15, 0.2) is 24.3 Å². The number of carbonyl (C=O) groups is 1. The van der Waals surface area contributed by atoms with Gasteiger partial charge in [0, 0.05) is 56.5 Å². The normalized spacial score (nSPS) is 20.0. The number of hydrogen-bond acceptors (Lipinski definition) is 4. The summed E-state index contributed by atoms with van der Waals surface area (Å²) < 4.78 is 38.5. The zero-order chi connectivity index (χ0) is 17.9. The monoisotopic (exact) mass is 373 g/mol. The first-order valence-electron chi connectivity index (χ1n) is 8.43. The molecular formula is C17H22F3N3OS. The van der Waals surface area contributed by atoms with Gasteiger partial charge in [0.25, 0.3) is 0 Å². The standard InChI is InChI=1S/C17H22F3N3OS/c18-17(19,20)14-2-1-3-15(12-14)22-4-6-23(7-5-22)16(24)13-21-8-10-25-11-9-21/h1-3,12H,4-11,13H2. The Morgan fingerprint density at radius 3 is 2.36 bits per heavy atom. The van der Waals surface area contributed by atoms with Crippen molar-refractivity contribution in [3.05, 3.63) is 29.8 Å². The highest BCUT2D eigenvalue weighted by atomic mass is 32.2. The van der Waals surface area contributed by atoms with E-state index in [2.05, 4.69) is 4.90 Å². The smallest absolute Gasteiger partial charge is 0.368 e. The zero-order valence-corrected chi connectivity index (χ0v) is 14.8. The van der Waals surface area contributed by atoms with Crippen molar-refractivity contribution < 1.29 is 18.0 Å². The van der Waals surface area contributed by atoms with E-state index in [0.29, 0.717) is 38.4 Å². The maximum Gasteiger partial charge on any atom is 0.416 e. The summed E-state index contributed by atoms with van der Waals surface area (Å²) in [6, 6.07) is 5.39. The van der Waals surface area contributed by atoms with Gasteiger partial charge in [-0.3, -0.25) is 9.69 Å². The van der Waals surface area contributed by atoms with E-state index >= 15 is 0 Å². The Labute approximate surface area is 149 Å². The zero-order valence-electron chi connectivity index (χ0n) is 14.0. The summed E-state index contributed by atoms with van der Waals surface area (Å²) in [6.45, 7) is 4.56. The summed E-state index contributed by atoms with van der Waals surface area (Å²) in [4.78, 5) is 18.3. The minimum Gasteiger partial charge on any atom is -0.368 e. The molecule has 1 aromatic carbocycles. The van der Waals surface area contributed by atoms with Crippen LogP contribution < -0.4 is 4.90 Å². The van der Waals surface area contributed by atoms with Gasteiger partial charge >= 0.3 is 6.18 Å². The van der Waals surface area contributed by atoms with Crippen molar-refractivity contribution in [1.82, 2.24) is 9.80 Å². The van der Waals surface area contributed by atoms with E-state index < -0.39 is 11.7 Å². The van der Waals surface area contributed by atoms with E-state index in [1.54, 1.807) is 6.07 Å². The van der Waals surface area contributed by atoms with Crippen molar-refractivity contribution in [2.45, 2.75) is 6.18 Å². The molecule has 0 N–H and O–H groups in total. The number of nitrogens with zero attached hydrogens (tertiary/aromatic N) is 3. The number of amides is 1. The molecule has 1 aromatic rings. The molecule has 0 aromatic heterocycles. The second kappa shape index (κ2) is 7.86. The third-order valence-electron chi connectivity index (χ3n) is 4.63. The molecule has 0 unspecified atom stereocenters. The highest BCUT2D eigenvalue weighted by molar-refractivity contribution is 7.99. The van der Waals surface area contributed by atoms with Crippen LogP contribution in [0.25, 0.3) is 0 Å². The van der Waals surface area contributed by atoms with Crippen molar-refractivity contribution in [3.63, 3.8) is 0 Å². The van der Waals surface area contributed by atoms with Crippen molar-refractivity contribution >= 4 is 23.4 Å². The molecule has 4 nitrogen and oxygen atoms in total. The molecule has 2 aliphatic heterocycles. The van der Waals surface area contributed by atoms with Gasteiger partial charge in [0.1, 0.15) is 0 Å². The van der Waals surface area contributed by atoms with Gasteiger partial charge in [0.05, 0.1) is 12.1 Å². The maximum absolute atomic E-state index is 12.8. The molecule has 138 valence electrons. The third kappa shape index (κ3) is 4.82. The average Bonchev–Trinajstić information content (AvgIpc) is 2.62. The van der Waals surface area contributed by atoms with Gasteiger partial charge in [-0.05, 0) is 18.2 Å². The Kier molecular flexibility index (Phi) is 5.78. The SMILES string of the molecule is O=C(CN1CCSCC1)N1CCN(c2cccc(C(F)(F)F)c2)CC1. The van der Waals surface area contributed by atoms with Crippen molar-refractivity contribution in [1.29, 1.82) is 0 Å². The summed E-state index contributed by atoms with van der Waals surface area (Å²) in [6.07, 6.45) is -4.33. The van der Waals surface area contributed by atoms with E-state index in [1.807, 2.05) is 21.6 Å². The molecule has 0 atom stereocenters. The molecule has 0 aliphatic carbocycles. The lowest BCUT2D eigenvalue weighted by atomic mass is 10.1. The van der Waals surface area contributed by atoms with Gasteiger partial charge in [-0.25, -0.2) is 0 Å². The minimum atomic E-state index is -4.33. The van der Waals surface area contributed by atoms with E-state index in [-0.39, 0.29) is 5.91 Å². The number of rotatable bonds is 3. The number of piperazine rings is 1. The molecular weight excluding hydrogens is 351 g/mol. The van der Waals surface area contributed by atoms with E-state index in [4.69, 9.17) is 0 Å². The van der Waals surface area contributed by atoms with Crippen LogP contribution in [0.1, 0.15) is 5.56 Å². The summed E-state index contributed by atoms with van der Waals surface area (Å²) in [7, 11) is 0. The maximum atomic E-state index is 12.8. The van der Waals surface area contributed by atoms with Crippen LogP contribution in [0.4, 0.5) is 18.9 Å². The van der Waals surface area contributed by atoms with Gasteiger partial charge < -0.3 is 9.80 Å². The van der Waals surface area contributed by atoms with E-state index in [0.717, 1.165) is 30.7 Å². The fourth-order valence-electron chi connectivity index (χ4n) is 3.14. The van der Waals surface area contributed by atoms with Crippen molar-refractivity contribution in [2.75, 3.05) is 62.2 Å². The largest absolute Gasteiger partial charge is 0.416 e. The van der Waals surface area contributed by atoms with Crippen LogP contribution in [-0.2, 0) is 11.0 Å². The lowest BCUT2D eigenvalue weighted by molar-refractivity contribution is -0.137. The van der Waals surface area contributed by atoms with Crippen LogP contribution in [0.3, 0.4) is 0 Å². The topological polar surface area (TPSA) is 26.8 Å². The molecule has 3 rings (SSSR count). The Morgan fingerprint density at radius 1 is 1.04 bits per heavy atom. The van der Waals surface area contributed by atoms with Gasteiger partial charge in [0.2, 0.25) is 5.91 Å². The predicted molar refractivity (Wildman–Crippen MR) is 94.0 cm³/mol. The quantitative estimate of drug-likeness (QED) is 0.813. The van der Waals surface area contributed by atoms with Crippen LogP contribution in [0.5, 0.6) is 0 Å². The van der Waals surface area contributed by atoms with Gasteiger partial charge in [-0.15, -0.1) is 0 Å².